The number of carbonyl (C=O) groups is 1. The van der Waals surface area contributed by atoms with E-state index in [9.17, 15) is 17.6 Å². The summed E-state index contributed by atoms with van der Waals surface area (Å²) in [6.45, 7) is 0. The van der Waals surface area contributed by atoms with Crippen molar-refractivity contribution in [1.29, 1.82) is 0 Å². The molecule has 0 saturated carbocycles. The number of fused-ring (bicyclic) bond motifs is 1. The molecule has 30 heavy (non-hydrogen) atoms. The van der Waals surface area contributed by atoms with Gasteiger partial charge < -0.3 is 11.1 Å². The Morgan fingerprint density at radius 1 is 1.23 bits per heavy atom. The van der Waals surface area contributed by atoms with Crippen LogP contribution in [0.1, 0.15) is 39.6 Å². The maximum Gasteiger partial charge on any atom is 0.273 e. The van der Waals surface area contributed by atoms with Gasteiger partial charge in [-0.05, 0) is 47.7 Å². The monoisotopic (exact) mass is 447 g/mol. The second kappa shape index (κ2) is 7.86. The average molecular weight is 448 g/mol. The lowest BCUT2D eigenvalue weighted by Crippen LogP contribution is -2.24. The largest absolute Gasteiger partial charge is 0.324 e. The lowest BCUT2D eigenvalue weighted by molar-refractivity contribution is 0.102. The molecule has 1 aliphatic carbocycles. The summed E-state index contributed by atoms with van der Waals surface area (Å²) in [5.74, 6) is -1.50. The molecular formula is C21H19ClFN3O3S. The zero-order chi connectivity index (χ0) is 21.5. The fraction of sp³-hybridized carbons (Fsp3) is 0.190. The number of nitrogens with zero attached hydrogens (tertiary/aromatic N) is 1. The van der Waals surface area contributed by atoms with Crippen LogP contribution in [-0.4, -0.2) is 18.3 Å². The van der Waals surface area contributed by atoms with Crippen LogP contribution in [0.25, 0.3) is 0 Å². The van der Waals surface area contributed by atoms with Gasteiger partial charge in [-0.3, -0.25) is 4.79 Å². The number of halogens is 2. The minimum atomic E-state index is -3.88. The van der Waals surface area contributed by atoms with Crippen molar-refractivity contribution < 1.29 is 17.6 Å². The van der Waals surface area contributed by atoms with E-state index in [2.05, 4.69) is 5.32 Å². The first-order chi connectivity index (χ1) is 14.3. The van der Waals surface area contributed by atoms with Crippen molar-refractivity contribution in [3.8, 4) is 0 Å². The van der Waals surface area contributed by atoms with E-state index in [0.717, 1.165) is 10.0 Å². The van der Waals surface area contributed by atoms with Crippen LogP contribution in [0.4, 0.5) is 10.1 Å². The Hall–Kier alpha value is -2.68. The van der Waals surface area contributed by atoms with Crippen molar-refractivity contribution in [3.05, 3.63) is 88.0 Å². The smallest absolute Gasteiger partial charge is 0.273 e. The highest BCUT2D eigenvalue weighted by atomic mass is 35.5. The Balaban J connectivity index is 1.74. The zero-order valence-electron chi connectivity index (χ0n) is 15.8. The summed E-state index contributed by atoms with van der Waals surface area (Å²) in [5, 5.41) is 2.47. The van der Waals surface area contributed by atoms with E-state index in [1.807, 2.05) is 0 Å². The summed E-state index contributed by atoms with van der Waals surface area (Å²) >= 11 is 5.79. The number of anilines is 1. The second-order valence-electron chi connectivity index (χ2n) is 7.18. The van der Waals surface area contributed by atoms with Gasteiger partial charge >= 0.3 is 0 Å². The third kappa shape index (κ3) is 3.86. The molecule has 156 valence electrons. The van der Waals surface area contributed by atoms with Crippen molar-refractivity contribution in [2.75, 3.05) is 5.32 Å². The van der Waals surface area contributed by atoms with Crippen molar-refractivity contribution in [2.45, 2.75) is 24.6 Å². The predicted octanol–water partition coefficient (Wildman–Crippen LogP) is 3.86. The molecule has 1 aromatic heterocycles. The first kappa shape index (κ1) is 20.6. The van der Waals surface area contributed by atoms with E-state index in [0.29, 0.717) is 29.5 Å². The number of hydrogen-bond donors (Lipinski definition) is 2. The Morgan fingerprint density at radius 3 is 2.67 bits per heavy atom. The number of carbonyl (C=O) groups excluding carboxylic acids is 1. The Bertz CT molecular complexity index is 1230. The number of rotatable bonds is 5. The van der Waals surface area contributed by atoms with E-state index < -0.39 is 21.7 Å². The van der Waals surface area contributed by atoms with Gasteiger partial charge in [0.2, 0.25) is 10.0 Å². The van der Waals surface area contributed by atoms with E-state index in [1.54, 1.807) is 30.3 Å². The van der Waals surface area contributed by atoms with Gasteiger partial charge in [0.15, 0.2) is 0 Å². The van der Waals surface area contributed by atoms with E-state index >= 15 is 0 Å². The first-order valence-electron chi connectivity index (χ1n) is 9.29. The Morgan fingerprint density at radius 2 is 1.97 bits per heavy atom. The number of hydrogen-bond acceptors (Lipinski definition) is 4. The maximum atomic E-state index is 13.4. The summed E-state index contributed by atoms with van der Waals surface area (Å²) in [4.78, 5) is 13.1. The van der Waals surface area contributed by atoms with Crippen LogP contribution in [0, 0.1) is 5.82 Å². The zero-order valence-corrected chi connectivity index (χ0v) is 17.4. The highest BCUT2D eigenvalue weighted by Crippen LogP contribution is 2.35. The molecule has 1 aliphatic rings. The standard InChI is InChI=1S/C21H19ClFN3O3S/c22-17-10-14(6-8-18(17)23)25-21(27)20-15-7-9-19(24)16(15)11-26(20)30(28,29)12-13-4-2-1-3-5-13/h1-6,8,10-11,19H,7,9,12,24H2,(H,25,27). The second-order valence-corrected chi connectivity index (χ2v) is 9.43. The number of amides is 1. The molecule has 0 aliphatic heterocycles. The molecule has 6 nitrogen and oxygen atoms in total. The van der Waals surface area contributed by atoms with E-state index in [4.69, 9.17) is 17.3 Å². The Kier molecular flexibility index (Phi) is 5.40. The molecule has 3 aromatic rings. The minimum absolute atomic E-state index is 0.0225. The summed E-state index contributed by atoms with van der Waals surface area (Å²) < 4.78 is 40.8. The van der Waals surface area contributed by atoms with Gasteiger partial charge in [-0.15, -0.1) is 0 Å². The van der Waals surface area contributed by atoms with Gasteiger partial charge in [0, 0.05) is 17.9 Å². The summed E-state index contributed by atoms with van der Waals surface area (Å²) in [6, 6.07) is 12.1. The molecule has 0 radical (unpaired) electrons. The van der Waals surface area contributed by atoms with Crippen LogP contribution >= 0.6 is 11.6 Å². The van der Waals surface area contributed by atoms with Gasteiger partial charge in [0.25, 0.3) is 5.91 Å². The van der Waals surface area contributed by atoms with E-state index in [-0.39, 0.29) is 28.2 Å². The molecule has 1 amide bonds. The third-order valence-corrected chi connectivity index (χ3v) is 6.98. The average Bonchev–Trinajstić information content (AvgIpc) is 3.26. The summed E-state index contributed by atoms with van der Waals surface area (Å²) in [5.41, 5.74) is 8.26. The molecule has 0 spiro atoms. The van der Waals surface area contributed by atoms with Crippen LogP contribution in [0.15, 0.2) is 54.7 Å². The molecule has 9 heteroatoms. The van der Waals surface area contributed by atoms with Crippen LogP contribution in [0.5, 0.6) is 0 Å². The molecule has 2 aromatic carbocycles. The third-order valence-electron chi connectivity index (χ3n) is 5.10. The van der Waals surface area contributed by atoms with Crippen molar-refractivity contribution in [1.82, 2.24) is 3.97 Å². The number of nitrogens with two attached hydrogens (primary N) is 1. The highest BCUT2D eigenvalue weighted by molar-refractivity contribution is 7.89. The van der Waals surface area contributed by atoms with Gasteiger partial charge in [0.05, 0.1) is 10.8 Å². The molecular weight excluding hydrogens is 429 g/mol. The summed E-state index contributed by atoms with van der Waals surface area (Å²) in [6.07, 6.45) is 2.57. The van der Waals surface area contributed by atoms with Gasteiger partial charge in [-0.2, -0.15) is 0 Å². The van der Waals surface area contributed by atoms with Gasteiger partial charge in [-0.25, -0.2) is 16.8 Å². The van der Waals surface area contributed by atoms with Gasteiger partial charge in [-0.1, -0.05) is 41.9 Å². The molecule has 3 N–H and O–H groups in total. The lowest BCUT2D eigenvalue weighted by atomic mass is 10.1. The molecule has 1 atom stereocenters. The molecule has 1 unspecified atom stereocenters. The fourth-order valence-electron chi connectivity index (χ4n) is 3.65. The predicted molar refractivity (Wildman–Crippen MR) is 114 cm³/mol. The van der Waals surface area contributed by atoms with Crippen molar-refractivity contribution in [2.24, 2.45) is 5.73 Å². The molecule has 0 fully saturated rings. The van der Waals surface area contributed by atoms with Crippen LogP contribution in [0.3, 0.4) is 0 Å². The number of nitrogens with one attached hydrogen (secondary N) is 1. The lowest BCUT2D eigenvalue weighted by Gasteiger charge is -2.13. The minimum Gasteiger partial charge on any atom is -0.324 e. The van der Waals surface area contributed by atoms with Crippen LogP contribution in [-0.2, 0) is 22.2 Å². The first-order valence-corrected chi connectivity index (χ1v) is 11.3. The Labute approximate surface area is 178 Å². The number of benzene rings is 2. The van der Waals surface area contributed by atoms with Crippen LogP contribution < -0.4 is 11.1 Å². The van der Waals surface area contributed by atoms with Gasteiger partial charge in [0.1, 0.15) is 11.5 Å². The normalized spacial score (nSPS) is 15.8. The van der Waals surface area contributed by atoms with Crippen molar-refractivity contribution in [3.63, 3.8) is 0 Å². The molecule has 4 rings (SSSR count). The summed E-state index contributed by atoms with van der Waals surface area (Å²) in [7, 11) is -3.88. The van der Waals surface area contributed by atoms with E-state index in [1.165, 1.54) is 18.3 Å². The molecule has 1 heterocycles. The topological polar surface area (TPSA) is 94.2 Å². The molecule has 0 bridgehead atoms. The van der Waals surface area contributed by atoms with Crippen LogP contribution in [0.2, 0.25) is 5.02 Å². The maximum absolute atomic E-state index is 13.4. The number of aromatic nitrogens is 1. The highest BCUT2D eigenvalue weighted by Gasteiger charge is 2.33. The van der Waals surface area contributed by atoms with Crippen molar-refractivity contribution >= 4 is 33.2 Å². The SMILES string of the molecule is NC1CCc2c1cn(S(=O)(=O)Cc1ccccc1)c2C(=O)Nc1ccc(F)c(Cl)c1. The molecule has 0 saturated heterocycles. The quantitative estimate of drug-likeness (QED) is 0.621. The fourth-order valence-corrected chi connectivity index (χ4v) is 5.33.